The Kier molecular flexibility index (Phi) is 7.51. The Hall–Kier alpha value is -2.34. The second-order valence-corrected chi connectivity index (χ2v) is 8.88. The van der Waals surface area contributed by atoms with Gasteiger partial charge in [0.25, 0.3) is 0 Å². The number of aromatic amines is 1. The van der Waals surface area contributed by atoms with Gasteiger partial charge in [0, 0.05) is 40.6 Å². The average molecular weight is 454 g/mol. The number of ether oxygens (including phenoxy) is 1. The third kappa shape index (κ3) is 5.17. The van der Waals surface area contributed by atoms with E-state index in [-0.39, 0.29) is 5.97 Å². The number of rotatable bonds is 8. The van der Waals surface area contributed by atoms with Crippen molar-refractivity contribution < 1.29 is 9.53 Å². The van der Waals surface area contributed by atoms with Crippen molar-refractivity contribution in [3.63, 3.8) is 0 Å². The molecule has 6 heteroatoms. The highest BCUT2D eigenvalue weighted by molar-refractivity contribution is 6.31. The molecule has 1 N–H and O–H groups in total. The van der Waals surface area contributed by atoms with Gasteiger partial charge in [-0.1, -0.05) is 48.9 Å². The number of carbonyl (C=O) groups excluding carboxylic acids is 1. The molecule has 0 atom stereocenters. The van der Waals surface area contributed by atoms with Crippen LogP contribution in [0.4, 0.5) is 0 Å². The molecule has 32 heavy (non-hydrogen) atoms. The van der Waals surface area contributed by atoms with Crippen LogP contribution >= 0.6 is 11.6 Å². The monoisotopic (exact) mass is 453 g/mol. The van der Waals surface area contributed by atoms with Crippen molar-refractivity contribution in [2.24, 2.45) is 0 Å². The molecule has 4 rings (SSSR count). The predicted octanol–water partition coefficient (Wildman–Crippen LogP) is 5.48. The Morgan fingerprint density at radius 3 is 2.59 bits per heavy atom. The van der Waals surface area contributed by atoms with Crippen molar-refractivity contribution in [2.75, 3.05) is 26.2 Å². The van der Waals surface area contributed by atoms with Crippen LogP contribution in [-0.2, 0) is 17.8 Å². The molecule has 2 aromatic carbocycles. The van der Waals surface area contributed by atoms with Crippen molar-refractivity contribution in [1.82, 2.24) is 14.8 Å². The van der Waals surface area contributed by atoms with Gasteiger partial charge in [-0.3, -0.25) is 9.80 Å². The largest absolute Gasteiger partial charge is 0.461 e. The molecule has 0 aliphatic carbocycles. The molecule has 0 spiro atoms. The molecule has 1 aromatic heterocycles. The number of aromatic nitrogens is 1. The lowest BCUT2D eigenvalue weighted by Crippen LogP contribution is -2.44. The van der Waals surface area contributed by atoms with E-state index in [0.29, 0.717) is 29.9 Å². The Morgan fingerprint density at radius 1 is 1.16 bits per heavy atom. The van der Waals surface area contributed by atoms with Crippen LogP contribution in [0.25, 0.3) is 10.9 Å². The van der Waals surface area contributed by atoms with Gasteiger partial charge < -0.3 is 9.72 Å². The minimum atomic E-state index is -0.302. The number of halogens is 1. The Bertz CT molecular complexity index is 1040. The number of piperidine rings is 1. The summed E-state index contributed by atoms with van der Waals surface area (Å²) >= 11 is 6.29. The van der Waals surface area contributed by atoms with Crippen LogP contribution in [0.15, 0.2) is 48.5 Å². The summed E-state index contributed by atoms with van der Waals surface area (Å²) in [4.78, 5) is 21.0. The second-order valence-electron chi connectivity index (χ2n) is 8.44. The van der Waals surface area contributed by atoms with Crippen molar-refractivity contribution >= 4 is 28.5 Å². The average Bonchev–Trinajstić information content (AvgIpc) is 3.16. The number of H-pyrrole nitrogens is 1. The number of carbonyl (C=O) groups is 1. The van der Waals surface area contributed by atoms with Crippen LogP contribution < -0.4 is 0 Å². The number of benzene rings is 2. The topological polar surface area (TPSA) is 48.6 Å². The summed E-state index contributed by atoms with van der Waals surface area (Å²) in [6.07, 6.45) is 2.25. The maximum atomic E-state index is 12.7. The summed E-state index contributed by atoms with van der Waals surface area (Å²) in [5, 5.41) is 1.67. The number of hydrogen-bond donors (Lipinski definition) is 1. The Balaban J connectivity index is 1.49. The van der Waals surface area contributed by atoms with E-state index in [2.05, 4.69) is 52.0 Å². The van der Waals surface area contributed by atoms with Crippen LogP contribution in [0.1, 0.15) is 48.3 Å². The minimum absolute atomic E-state index is 0.302. The molecular weight excluding hydrogens is 422 g/mol. The molecule has 1 fully saturated rings. The Morgan fingerprint density at radius 2 is 1.91 bits per heavy atom. The molecule has 0 unspecified atom stereocenters. The van der Waals surface area contributed by atoms with Gasteiger partial charge in [-0.25, -0.2) is 4.79 Å². The summed E-state index contributed by atoms with van der Waals surface area (Å²) in [6.45, 7) is 9.19. The molecule has 1 aliphatic heterocycles. The van der Waals surface area contributed by atoms with Crippen LogP contribution in [0.5, 0.6) is 0 Å². The zero-order valence-corrected chi connectivity index (χ0v) is 19.7. The fraction of sp³-hybridized carbons (Fsp3) is 0.423. The Labute approximate surface area is 195 Å². The third-order valence-corrected chi connectivity index (χ3v) is 6.67. The number of nitrogens with zero attached hydrogens (tertiary/aromatic N) is 2. The van der Waals surface area contributed by atoms with Gasteiger partial charge in [-0.15, -0.1) is 0 Å². The van der Waals surface area contributed by atoms with Gasteiger partial charge in [0.15, 0.2) is 0 Å². The van der Waals surface area contributed by atoms with E-state index in [0.717, 1.165) is 55.5 Å². The minimum Gasteiger partial charge on any atom is -0.461 e. The zero-order chi connectivity index (χ0) is 22.5. The lowest BCUT2D eigenvalue weighted by Gasteiger charge is -2.38. The maximum Gasteiger partial charge on any atom is 0.355 e. The van der Waals surface area contributed by atoms with Gasteiger partial charge in [-0.2, -0.15) is 0 Å². The first kappa shape index (κ1) is 22.8. The molecule has 3 aromatic rings. The molecule has 1 saturated heterocycles. The van der Waals surface area contributed by atoms with E-state index >= 15 is 0 Å². The molecule has 0 amide bonds. The van der Waals surface area contributed by atoms with Crippen molar-refractivity contribution in [3.05, 3.63) is 70.4 Å². The lowest BCUT2D eigenvalue weighted by molar-refractivity contribution is 0.0515. The molecule has 0 bridgehead atoms. The van der Waals surface area contributed by atoms with Gasteiger partial charge >= 0.3 is 5.97 Å². The molecule has 0 radical (unpaired) electrons. The van der Waals surface area contributed by atoms with Crippen LogP contribution in [-0.4, -0.2) is 53.0 Å². The third-order valence-electron chi connectivity index (χ3n) is 6.44. The van der Waals surface area contributed by atoms with Gasteiger partial charge in [0.05, 0.1) is 6.61 Å². The summed E-state index contributed by atoms with van der Waals surface area (Å²) in [5.41, 5.74) is 3.81. The number of esters is 1. The summed E-state index contributed by atoms with van der Waals surface area (Å²) < 4.78 is 5.33. The molecule has 5 nitrogen and oxygen atoms in total. The molecule has 1 aliphatic rings. The highest BCUT2D eigenvalue weighted by Crippen LogP contribution is 2.29. The standard InChI is InChI=1S/C26H32ClN3O2/c1-3-30(21-12-14-29(15-13-21)17-19-8-6-5-7-9-19)18-23-22-16-20(27)10-11-24(22)28-25(23)26(31)32-4-2/h5-11,16,21,28H,3-4,12-15,17-18H2,1-2H3. The second kappa shape index (κ2) is 10.5. The van der Waals surface area contributed by atoms with Gasteiger partial charge in [0.1, 0.15) is 5.69 Å². The first-order valence-electron chi connectivity index (χ1n) is 11.6. The fourth-order valence-electron chi connectivity index (χ4n) is 4.75. The molecular formula is C26H32ClN3O2. The smallest absolute Gasteiger partial charge is 0.355 e. The summed E-state index contributed by atoms with van der Waals surface area (Å²) in [5.74, 6) is -0.302. The first-order valence-corrected chi connectivity index (χ1v) is 11.9. The van der Waals surface area contributed by atoms with Gasteiger partial charge in [0.2, 0.25) is 0 Å². The van der Waals surface area contributed by atoms with Crippen LogP contribution in [0.2, 0.25) is 5.02 Å². The van der Waals surface area contributed by atoms with Gasteiger partial charge in [-0.05, 0) is 63.2 Å². The number of hydrogen-bond acceptors (Lipinski definition) is 4. The highest BCUT2D eigenvalue weighted by atomic mass is 35.5. The summed E-state index contributed by atoms with van der Waals surface area (Å²) in [7, 11) is 0. The molecule has 0 saturated carbocycles. The van der Waals surface area contributed by atoms with E-state index in [1.165, 1.54) is 5.56 Å². The zero-order valence-electron chi connectivity index (χ0n) is 18.9. The lowest BCUT2D eigenvalue weighted by atomic mass is 10.0. The summed E-state index contributed by atoms with van der Waals surface area (Å²) in [6, 6.07) is 16.9. The van der Waals surface area contributed by atoms with Crippen molar-refractivity contribution in [2.45, 2.75) is 45.8 Å². The van der Waals surface area contributed by atoms with E-state index in [9.17, 15) is 4.79 Å². The normalized spacial score (nSPS) is 15.5. The fourth-order valence-corrected chi connectivity index (χ4v) is 4.92. The first-order chi connectivity index (χ1) is 15.6. The quantitative estimate of drug-likeness (QED) is 0.458. The van der Waals surface area contributed by atoms with Crippen LogP contribution in [0, 0.1) is 0 Å². The maximum absolute atomic E-state index is 12.7. The predicted molar refractivity (Wildman–Crippen MR) is 130 cm³/mol. The van der Waals surface area contributed by atoms with E-state index in [4.69, 9.17) is 16.3 Å². The highest BCUT2D eigenvalue weighted by Gasteiger charge is 2.27. The van der Waals surface area contributed by atoms with Crippen LogP contribution in [0.3, 0.4) is 0 Å². The van der Waals surface area contributed by atoms with Crippen molar-refractivity contribution in [3.8, 4) is 0 Å². The number of fused-ring (bicyclic) bond motifs is 1. The van der Waals surface area contributed by atoms with Crippen molar-refractivity contribution in [1.29, 1.82) is 0 Å². The SMILES string of the molecule is CCOC(=O)c1[nH]c2ccc(Cl)cc2c1CN(CC)C1CCN(Cc2ccccc2)CC1. The van der Waals surface area contributed by atoms with E-state index in [1.807, 2.05) is 25.1 Å². The number of likely N-dealkylation sites (tertiary alicyclic amines) is 1. The molecule has 2 heterocycles. The molecule has 170 valence electrons. The number of nitrogens with one attached hydrogen (secondary N) is 1. The van der Waals surface area contributed by atoms with E-state index in [1.54, 1.807) is 0 Å². The van der Waals surface area contributed by atoms with E-state index < -0.39 is 0 Å².